The first-order valence-electron chi connectivity index (χ1n) is 6.63. The molecule has 0 aliphatic rings. The highest BCUT2D eigenvalue weighted by atomic mass is 16.5. The molecule has 2 nitrogen and oxygen atoms in total. The lowest BCUT2D eigenvalue weighted by molar-refractivity contribution is 0.131. The molecule has 1 unspecified atom stereocenters. The molecule has 1 aromatic carbocycles. The average Bonchev–Trinajstić information content (AvgIpc) is 2.35. The van der Waals surface area contributed by atoms with E-state index in [1.807, 2.05) is 6.92 Å². The van der Waals surface area contributed by atoms with E-state index in [4.69, 9.17) is 4.74 Å². The summed E-state index contributed by atoms with van der Waals surface area (Å²) in [5.41, 5.74) is 2.68. The maximum absolute atomic E-state index is 5.57. The van der Waals surface area contributed by atoms with Crippen molar-refractivity contribution in [2.75, 3.05) is 26.3 Å². The van der Waals surface area contributed by atoms with Crippen LogP contribution in [-0.2, 0) is 4.74 Å². The molecule has 0 heterocycles. The van der Waals surface area contributed by atoms with Gasteiger partial charge in [0.15, 0.2) is 0 Å². The van der Waals surface area contributed by atoms with Gasteiger partial charge >= 0.3 is 0 Å². The topological polar surface area (TPSA) is 21.3 Å². The Kier molecular flexibility index (Phi) is 6.90. The first kappa shape index (κ1) is 14.2. The molecule has 0 radical (unpaired) electrons. The summed E-state index contributed by atoms with van der Waals surface area (Å²) in [6.45, 7) is 10.0. The minimum absolute atomic E-state index is 0.460. The quantitative estimate of drug-likeness (QED) is 0.699. The summed E-state index contributed by atoms with van der Waals surface area (Å²) in [5.74, 6) is 0.460. The van der Waals surface area contributed by atoms with Gasteiger partial charge in [-0.2, -0.15) is 0 Å². The number of aryl methyl sites for hydroxylation is 1. The fourth-order valence-corrected chi connectivity index (χ4v) is 1.82. The second kappa shape index (κ2) is 8.26. The van der Waals surface area contributed by atoms with Crippen molar-refractivity contribution in [3.05, 3.63) is 35.4 Å². The van der Waals surface area contributed by atoms with E-state index in [0.29, 0.717) is 5.92 Å². The molecule has 0 fully saturated rings. The van der Waals surface area contributed by atoms with Crippen molar-refractivity contribution in [1.82, 2.24) is 5.32 Å². The van der Waals surface area contributed by atoms with Crippen LogP contribution in [0.2, 0.25) is 0 Å². The lowest BCUT2D eigenvalue weighted by Crippen LogP contribution is -2.25. The lowest BCUT2D eigenvalue weighted by atomic mass is 9.99. The number of hydrogen-bond donors (Lipinski definition) is 1. The summed E-state index contributed by atoms with van der Waals surface area (Å²) in [6, 6.07) is 8.78. The zero-order valence-corrected chi connectivity index (χ0v) is 11.3. The second-order valence-corrected chi connectivity index (χ2v) is 4.47. The Morgan fingerprint density at radius 3 is 2.47 bits per heavy atom. The van der Waals surface area contributed by atoms with Gasteiger partial charge in [-0.25, -0.2) is 0 Å². The number of hydrogen-bond acceptors (Lipinski definition) is 2. The highest BCUT2D eigenvalue weighted by Crippen LogP contribution is 2.16. The van der Waals surface area contributed by atoms with Crippen LogP contribution in [0.3, 0.4) is 0 Å². The van der Waals surface area contributed by atoms with Crippen molar-refractivity contribution in [1.29, 1.82) is 0 Å². The third-order valence-corrected chi connectivity index (χ3v) is 2.89. The Morgan fingerprint density at radius 2 is 1.88 bits per heavy atom. The second-order valence-electron chi connectivity index (χ2n) is 4.47. The molecule has 0 aliphatic carbocycles. The third-order valence-electron chi connectivity index (χ3n) is 2.89. The fourth-order valence-electron chi connectivity index (χ4n) is 1.82. The Balaban J connectivity index is 2.57. The largest absolute Gasteiger partial charge is 0.381 e. The SMILES string of the molecule is CCCNCC(COCC)c1ccc(C)cc1. The Labute approximate surface area is 105 Å². The van der Waals surface area contributed by atoms with Gasteiger partial charge in [-0.3, -0.25) is 0 Å². The van der Waals surface area contributed by atoms with E-state index in [-0.39, 0.29) is 0 Å². The molecule has 1 aromatic rings. The van der Waals surface area contributed by atoms with E-state index >= 15 is 0 Å². The maximum Gasteiger partial charge on any atom is 0.0546 e. The van der Waals surface area contributed by atoms with E-state index in [0.717, 1.165) is 26.3 Å². The lowest BCUT2D eigenvalue weighted by Gasteiger charge is -2.18. The predicted octanol–water partition coefficient (Wildman–Crippen LogP) is 3.11. The molecular weight excluding hydrogens is 210 g/mol. The van der Waals surface area contributed by atoms with Crippen LogP contribution < -0.4 is 5.32 Å². The van der Waals surface area contributed by atoms with Gasteiger partial charge in [-0.05, 0) is 32.4 Å². The summed E-state index contributed by atoms with van der Waals surface area (Å²) in [4.78, 5) is 0. The molecule has 1 rings (SSSR count). The molecule has 1 N–H and O–H groups in total. The van der Waals surface area contributed by atoms with E-state index in [2.05, 4.69) is 43.4 Å². The van der Waals surface area contributed by atoms with Gasteiger partial charge in [0.1, 0.15) is 0 Å². The Hall–Kier alpha value is -0.860. The zero-order valence-electron chi connectivity index (χ0n) is 11.3. The van der Waals surface area contributed by atoms with Crippen molar-refractivity contribution in [2.24, 2.45) is 0 Å². The van der Waals surface area contributed by atoms with Gasteiger partial charge < -0.3 is 10.1 Å². The average molecular weight is 235 g/mol. The molecule has 0 bridgehead atoms. The van der Waals surface area contributed by atoms with Gasteiger partial charge in [0.05, 0.1) is 6.61 Å². The highest BCUT2D eigenvalue weighted by Gasteiger charge is 2.10. The highest BCUT2D eigenvalue weighted by molar-refractivity contribution is 5.24. The van der Waals surface area contributed by atoms with Crippen LogP contribution in [0.1, 0.15) is 37.3 Å². The summed E-state index contributed by atoms with van der Waals surface area (Å²) in [5, 5.41) is 3.48. The van der Waals surface area contributed by atoms with Gasteiger partial charge in [-0.15, -0.1) is 0 Å². The van der Waals surface area contributed by atoms with Crippen molar-refractivity contribution in [3.8, 4) is 0 Å². The number of nitrogens with one attached hydrogen (secondary N) is 1. The molecule has 1 atom stereocenters. The van der Waals surface area contributed by atoms with E-state index < -0.39 is 0 Å². The zero-order chi connectivity index (χ0) is 12.5. The van der Waals surface area contributed by atoms with E-state index in [1.54, 1.807) is 0 Å². The van der Waals surface area contributed by atoms with Crippen LogP contribution in [-0.4, -0.2) is 26.3 Å². The van der Waals surface area contributed by atoms with Crippen LogP contribution in [0.5, 0.6) is 0 Å². The van der Waals surface area contributed by atoms with E-state index in [1.165, 1.54) is 17.5 Å². The fraction of sp³-hybridized carbons (Fsp3) is 0.600. The van der Waals surface area contributed by atoms with Crippen molar-refractivity contribution in [2.45, 2.75) is 33.1 Å². The number of ether oxygens (including phenoxy) is 1. The van der Waals surface area contributed by atoms with Crippen LogP contribution in [0.25, 0.3) is 0 Å². The predicted molar refractivity (Wildman–Crippen MR) is 73.6 cm³/mol. The first-order valence-corrected chi connectivity index (χ1v) is 6.63. The minimum atomic E-state index is 0.460. The Morgan fingerprint density at radius 1 is 1.18 bits per heavy atom. The molecular formula is C15H25NO. The normalized spacial score (nSPS) is 12.6. The number of benzene rings is 1. The number of rotatable bonds is 8. The third kappa shape index (κ3) is 5.33. The first-order chi connectivity index (χ1) is 8.27. The summed E-state index contributed by atoms with van der Waals surface area (Å²) >= 11 is 0. The molecule has 0 saturated heterocycles. The van der Waals surface area contributed by atoms with Crippen LogP contribution >= 0.6 is 0 Å². The van der Waals surface area contributed by atoms with Gasteiger partial charge in [-0.1, -0.05) is 36.8 Å². The summed E-state index contributed by atoms with van der Waals surface area (Å²) < 4.78 is 5.57. The van der Waals surface area contributed by atoms with Crippen molar-refractivity contribution in [3.63, 3.8) is 0 Å². The van der Waals surface area contributed by atoms with Gasteiger partial charge in [0, 0.05) is 19.1 Å². The summed E-state index contributed by atoms with van der Waals surface area (Å²) in [7, 11) is 0. The molecule has 0 aromatic heterocycles. The van der Waals surface area contributed by atoms with Crippen LogP contribution in [0.4, 0.5) is 0 Å². The molecule has 0 spiro atoms. The molecule has 0 saturated carbocycles. The summed E-state index contributed by atoms with van der Waals surface area (Å²) in [6.07, 6.45) is 1.18. The van der Waals surface area contributed by atoms with Gasteiger partial charge in [0.2, 0.25) is 0 Å². The molecule has 96 valence electrons. The molecule has 2 heteroatoms. The Bertz CT molecular complexity index is 294. The standard InChI is InChI=1S/C15H25NO/c1-4-10-16-11-15(12-17-5-2)14-8-6-13(3)7-9-14/h6-9,15-16H,4-5,10-12H2,1-3H3. The smallest absolute Gasteiger partial charge is 0.0546 e. The van der Waals surface area contributed by atoms with Crippen molar-refractivity contribution >= 4 is 0 Å². The maximum atomic E-state index is 5.57. The van der Waals surface area contributed by atoms with Crippen LogP contribution in [0, 0.1) is 6.92 Å². The van der Waals surface area contributed by atoms with Crippen molar-refractivity contribution < 1.29 is 4.74 Å². The molecule has 17 heavy (non-hydrogen) atoms. The molecule has 0 amide bonds. The minimum Gasteiger partial charge on any atom is -0.381 e. The van der Waals surface area contributed by atoms with Crippen LogP contribution in [0.15, 0.2) is 24.3 Å². The molecule has 0 aliphatic heterocycles. The van der Waals surface area contributed by atoms with E-state index in [9.17, 15) is 0 Å². The van der Waals surface area contributed by atoms with Gasteiger partial charge in [0.25, 0.3) is 0 Å². The monoisotopic (exact) mass is 235 g/mol.